The first-order valence-electron chi connectivity index (χ1n) is 3.76. The molecule has 1 aromatic carbocycles. The maximum absolute atomic E-state index is 10.6. The molecule has 0 fully saturated rings. The maximum Gasteiger partial charge on any atom is 0.266 e. The number of hydrogen-bond acceptors (Lipinski definition) is 4. The summed E-state index contributed by atoms with van der Waals surface area (Å²) in [6.45, 7) is 0.0167. The van der Waals surface area contributed by atoms with Crippen LogP contribution in [0, 0.1) is 0 Å². The third kappa shape index (κ3) is 4.01. The molecule has 1 unspecified atom stereocenters. The fraction of sp³-hybridized carbons (Fsp3) is 0.250. The Kier molecular flexibility index (Phi) is 3.82. The van der Waals surface area contributed by atoms with E-state index in [-0.39, 0.29) is 6.61 Å². The average molecular weight is 234 g/mol. The average Bonchev–Trinajstić information content (AvgIpc) is 2.14. The van der Waals surface area contributed by atoms with E-state index >= 15 is 0 Å². The molecule has 0 amide bonds. The van der Waals surface area contributed by atoms with Gasteiger partial charge in [-0.3, -0.25) is 8.74 Å². The van der Waals surface area contributed by atoms with Gasteiger partial charge >= 0.3 is 0 Å². The highest BCUT2D eigenvalue weighted by Gasteiger charge is 2.01. The summed E-state index contributed by atoms with van der Waals surface area (Å²) in [6, 6.07) is 6.95. The van der Waals surface area contributed by atoms with Crippen LogP contribution in [0.15, 0.2) is 24.3 Å². The van der Waals surface area contributed by atoms with Crippen molar-refractivity contribution in [2.24, 2.45) is 0 Å². The lowest BCUT2D eigenvalue weighted by Crippen LogP contribution is -2.01. The van der Waals surface area contributed by atoms with Crippen molar-refractivity contribution in [2.45, 2.75) is 6.61 Å². The zero-order valence-electron chi connectivity index (χ0n) is 7.50. The molecule has 0 aliphatic heterocycles. The van der Waals surface area contributed by atoms with E-state index in [1.165, 1.54) is 0 Å². The molecule has 0 spiro atoms. The summed E-state index contributed by atoms with van der Waals surface area (Å²) in [7, 11) is -1.97. The van der Waals surface area contributed by atoms with Crippen molar-refractivity contribution >= 4 is 20.2 Å². The van der Waals surface area contributed by atoms with Gasteiger partial charge in [0.1, 0.15) is 5.75 Å². The largest absolute Gasteiger partial charge is 0.497 e. The predicted molar refractivity (Wildman–Crippen MR) is 55.9 cm³/mol. The minimum atomic E-state index is -3.54. The highest BCUT2D eigenvalue weighted by Crippen LogP contribution is 2.12. The fourth-order valence-electron chi connectivity index (χ4n) is 0.864. The molecule has 0 aromatic heterocycles. The van der Waals surface area contributed by atoms with Gasteiger partial charge in [0.25, 0.3) is 9.05 Å². The molecule has 14 heavy (non-hydrogen) atoms. The van der Waals surface area contributed by atoms with Crippen LogP contribution in [0.4, 0.5) is 0 Å². The lowest BCUT2D eigenvalue weighted by atomic mass is 10.2. The minimum Gasteiger partial charge on any atom is -0.497 e. The molecule has 1 N–H and O–H groups in total. The van der Waals surface area contributed by atoms with E-state index in [4.69, 9.17) is 9.29 Å². The number of rotatable bonds is 4. The van der Waals surface area contributed by atoms with Crippen LogP contribution in [-0.2, 0) is 31.0 Å². The summed E-state index contributed by atoms with van der Waals surface area (Å²) in [6.07, 6.45) is 0. The van der Waals surface area contributed by atoms with Gasteiger partial charge in [0.05, 0.1) is 13.7 Å². The van der Waals surface area contributed by atoms with E-state index in [9.17, 15) is 4.21 Å². The first-order valence-corrected chi connectivity index (χ1v) is 6.12. The van der Waals surface area contributed by atoms with E-state index in [2.05, 4.69) is 15.4 Å². The molecular formula is C8H10O4S2. The van der Waals surface area contributed by atoms with Gasteiger partial charge in [-0.25, -0.2) is 0 Å². The van der Waals surface area contributed by atoms with Gasteiger partial charge in [-0.2, -0.15) is 4.21 Å². The highest BCUT2D eigenvalue weighted by atomic mass is 32.9. The second-order valence-corrected chi connectivity index (χ2v) is 4.89. The normalized spacial score (nSPS) is 14.7. The van der Waals surface area contributed by atoms with Gasteiger partial charge in [-0.1, -0.05) is 12.1 Å². The molecular weight excluding hydrogens is 224 g/mol. The van der Waals surface area contributed by atoms with Crippen molar-refractivity contribution < 1.29 is 17.7 Å². The number of ether oxygens (including phenoxy) is 1. The summed E-state index contributed by atoms with van der Waals surface area (Å²) in [4.78, 5) is 0. The second-order valence-electron chi connectivity index (χ2n) is 2.54. The zero-order chi connectivity index (χ0) is 10.6. The quantitative estimate of drug-likeness (QED) is 0.852. The summed E-state index contributed by atoms with van der Waals surface area (Å²) in [5.41, 5.74) is 0.762. The van der Waals surface area contributed by atoms with E-state index in [1.54, 1.807) is 31.4 Å². The van der Waals surface area contributed by atoms with Crippen LogP contribution in [0.3, 0.4) is 0 Å². The summed E-state index contributed by atoms with van der Waals surface area (Å²) >= 11 is 4.17. The summed E-state index contributed by atoms with van der Waals surface area (Å²) in [5, 5.41) is 0. The van der Waals surface area contributed by atoms with E-state index in [0.29, 0.717) is 0 Å². The molecule has 0 aliphatic rings. The molecule has 0 radical (unpaired) electrons. The maximum atomic E-state index is 10.6. The van der Waals surface area contributed by atoms with Gasteiger partial charge in [-0.05, 0) is 17.7 Å². The van der Waals surface area contributed by atoms with Gasteiger partial charge in [0, 0.05) is 11.2 Å². The standard InChI is InChI=1S/C8H10O4S2/c1-11-8-4-2-7(3-5-8)6-12-14(9,10)13/h2-5H,6H2,1H3,(H,9,10,13). The Labute approximate surface area is 87.6 Å². The van der Waals surface area contributed by atoms with Crippen LogP contribution in [0.25, 0.3) is 0 Å². The zero-order valence-corrected chi connectivity index (χ0v) is 9.14. The topological polar surface area (TPSA) is 55.8 Å². The van der Waals surface area contributed by atoms with E-state index < -0.39 is 9.05 Å². The van der Waals surface area contributed by atoms with Gasteiger partial charge in [0.15, 0.2) is 0 Å². The van der Waals surface area contributed by atoms with Crippen LogP contribution in [0.1, 0.15) is 5.56 Å². The van der Waals surface area contributed by atoms with Crippen molar-refractivity contribution in [2.75, 3.05) is 7.11 Å². The number of methoxy groups -OCH3 is 1. The van der Waals surface area contributed by atoms with Crippen molar-refractivity contribution in [1.29, 1.82) is 0 Å². The highest BCUT2D eigenvalue weighted by molar-refractivity contribution is 8.27. The number of benzene rings is 1. The lowest BCUT2D eigenvalue weighted by Gasteiger charge is -2.03. The molecule has 0 saturated carbocycles. The molecule has 1 rings (SSSR count). The van der Waals surface area contributed by atoms with Crippen molar-refractivity contribution in [3.63, 3.8) is 0 Å². The predicted octanol–water partition coefficient (Wildman–Crippen LogP) is 1.35. The summed E-state index contributed by atoms with van der Waals surface area (Å²) in [5.74, 6) is 0.719. The number of hydrogen-bond donors (Lipinski definition) is 1. The van der Waals surface area contributed by atoms with Gasteiger partial charge < -0.3 is 4.74 Å². The molecule has 6 heteroatoms. The Balaban J connectivity index is 2.61. The second kappa shape index (κ2) is 4.70. The fourth-order valence-corrected chi connectivity index (χ4v) is 1.29. The molecule has 0 heterocycles. The van der Waals surface area contributed by atoms with Crippen molar-refractivity contribution in [3.05, 3.63) is 29.8 Å². The van der Waals surface area contributed by atoms with Gasteiger partial charge in [0.2, 0.25) is 0 Å². The first-order chi connectivity index (χ1) is 6.51. The Bertz CT molecular complexity index is 382. The Morgan fingerprint density at radius 1 is 1.43 bits per heavy atom. The monoisotopic (exact) mass is 234 g/mol. The molecule has 0 saturated heterocycles. The molecule has 4 nitrogen and oxygen atoms in total. The Hall–Kier alpha value is -0.690. The van der Waals surface area contributed by atoms with Crippen LogP contribution in [-0.4, -0.2) is 15.9 Å². The van der Waals surface area contributed by atoms with Crippen LogP contribution in [0.2, 0.25) is 0 Å². The van der Waals surface area contributed by atoms with E-state index in [1.807, 2.05) is 0 Å². The minimum absolute atomic E-state index is 0.0167. The third-order valence-corrected chi connectivity index (χ3v) is 2.24. The van der Waals surface area contributed by atoms with Crippen molar-refractivity contribution in [1.82, 2.24) is 0 Å². The SMILES string of the molecule is COc1ccc(COS(=O)(O)=S)cc1. The lowest BCUT2D eigenvalue weighted by molar-refractivity contribution is 0.294. The molecule has 1 atom stereocenters. The van der Waals surface area contributed by atoms with Crippen LogP contribution in [0.5, 0.6) is 5.75 Å². The van der Waals surface area contributed by atoms with Crippen LogP contribution < -0.4 is 4.74 Å². The van der Waals surface area contributed by atoms with Gasteiger partial charge in [-0.15, -0.1) is 0 Å². The van der Waals surface area contributed by atoms with Crippen LogP contribution >= 0.6 is 0 Å². The Morgan fingerprint density at radius 3 is 2.43 bits per heavy atom. The molecule has 78 valence electrons. The first kappa shape index (κ1) is 11.4. The third-order valence-electron chi connectivity index (χ3n) is 1.53. The molecule has 0 aliphatic carbocycles. The summed E-state index contributed by atoms with van der Waals surface area (Å²) < 4.78 is 28.8. The van der Waals surface area contributed by atoms with E-state index in [0.717, 1.165) is 11.3 Å². The smallest absolute Gasteiger partial charge is 0.266 e. The Morgan fingerprint density at radius 2 is 2.00 bits per heavy atom. The molecule has 1 aromatic rings. The molecule has 0 bridgehead atoms. The van der Waals surface area contributed by atoms with Crippen molar-refractivity contribution in [3.8, 4) is 5.75 Å².